The van der Waals surface area contributed by atoms with Crippen LogP contribution in [-0.4, -0.2) is 56.9 Å². The van der Waals surface area contributed by atoms with E-state index >= 15 is 0 Å². The summed E-state index contributed by atoms with van der Waals surface area (Å²) in [5.41, 5.74) is 0.619. The number of nitrogens with zero attached hydrogens (tertiary/aromatic N) is 1. The maximum Gasteiger partial charge on any atom is 0.256 e. The Morgan fingerprint density at radius 3 is 2.59 bits per heavy atom. The summed E-state index contributed by atoms with van der Waals surface area (Å²) >= 11 is 1.25. The Bertz CT molecular complexity index is 1020. The lowest BCUT2D eigenvalue weighted by molar-refractivity contribution is 0.0730. The number of ether oxygens (including phenoxy) is 1. The summed E-state index contributed by atoms with van der Waals surface area (Å²) in [5.74, 6) is -0.681. The summed E-state index contributed by atoms with van der Waals surface area (Å²) in [7, 11) is -3.70. The van der Waals surface area contributed by atoms with E-state index in [4.69, 9.17) is 4.74 Å². The Hall–Kier alpha value is -2.27. The maximum atomic E-state index is 12.8. The van der Waals surface area contributed by atoms with Crippen molar-refractivity contribution < 1.29 is 22.7 Å². The summed E-state index contributed by atoms with van der Waals surface area (Å²) in [5, 5.41) is 7.80. The number of thiophene rings is 1. The first-order valence-electron chi connectivity index (χ1n) is 9.33. The molecule has 1 aromatic carbocycles. The number of sulfonamides is 1. The molecule has 2 heterocycles. The number of nitrogens with one attached hydrogen (secondary N) is 2. The third-order valence-electron chi connectivity index (χ3n) is 4.75. The van der Waals surface area contributed by atoms with Crippen molar-refractivity contribution in [2.24, 2.45) is 0 Å². The molecule has 8 nitrogen and oxygen atoms in total. The Morgan fingerprint density at radius 1 is 1.10 bits per heavy atom. The first-order valence-corrected chi connectivity index (χ1v) is 11.6. The molecular formula is C19H21N3O5S2. The van der Waals surface area contributed by atoms with E-state index in [0.717, 1.165) is 12.8 Å². The van der Waals surface area contributed by atoms with Crippen LogP contribution < -0.4 is 10.6 Å². The molecule has 2 N–H and O–H groups in total. The molecule has 4 rings (SSSR count). The van der Waals surface area contributed by atoms with Gasteiger partial charge in [0.2, 0.25) is 10.0 Å². The maximum absolute atomic E-state index is 12.8. The molecule has 29 heavy (non-hydrogen) atoms. The van der Waals surface area contributed by atoms with Gasteiger partial charge in [0.25, 0.3) is 11.8 Å². The molecule has 1 aliphatic carbocycles. The van der Waals surface area contributed by atoms with Crippen molar-refractivity contribution in [1.82, 2.24) is 9.62 Å². The van der Waals surface area contributed by atoms with Gasteiger partial charge in [-0.2, -0.15) is 4.31 Å². The van der Waals surface area contributed by atoms with Gasteiger partial charge < -0.3 is 15.4 Å². The highest BCUT2D eigenvalue weighted by Crippen LogP contribution is 2.26. The molecule has 1 aliphatic heterocycles. The van der Waals surface area contributed by atoms with Gasteiger partial charge in [-0.1, -0.05) is 6.07 Å². The van der Waals surface area contributed by atoms with Crippen LogP contribution in [0.15, 0.2) is 40.6 Å². The fourth-order valence-electron chi connectivity index (χ4n) is 2.98. The summed E-state index contributed by atoms with van der Waals surface area (Å²) in [6.45, 7) is 1.27. The zero-order valence-electron chi connectivity index (χ0n) is 15.6. The smallest absolute Gasteiger partial charge is 0.256 e. The fraction of sp³-hybridized carbons (Fsp3) is 0.368. The van der Waals surface area contributed by atoms with Crippen LogP contribution in [0.2, 0.25) is 0 Å². The SMILES string of the molecule is O=C(Nc1sccc1C(=O)NC1CC1)c1cccc(S(=O)(=O)N2CCOCC2)c1. The van der Waals surface area contributed by atoms with Crippen LogP contribution in [0.4, 0.5) is 5.00 Å². The molecule has 0 unspecified atom stereocenters. The van der Waals surface area contributed by atoms with Crippen molar-refractivity contribution in [3.05, 3.63) is 46.8 Å². The predicted octanol–water partition coefficient (Wildman–Crippen LogP) is 1.91. The number of amides is 2. The van der Waals surface area contributed by atoms with E-state index in [-0.39, 0.29) is 35.5 Å². The highest BCUT2D eigenvalue weighted by atomic mass is 32.2. The van der Waals surface area contributed by atoms with E-state index in [1.165, 1.54) is 33.8 Å². The fourth-order valence-corrected chi connectivity index (χ4v) is 5.22. The number of anilines is 1. The van der Waals surface area contributed by atoms with Crippen molar-refractivity contribution in [2.45, 2.75) is 23.8 Å². The lowest BCUT2D eigenvalue weighted by atomic mass is 10.2. The Kier molecular flexibility index (Phi) is 5.68. The van der Waals surface area contributed by atoms with E-state index in [1.807, 2.05) is 0 Å². The molecule has 0 atom stereocenters. The lowest BCUT2D eigenvalue weighted by Gasteiger charge is -2.26. The number of morpholine rings is 1. The molecule has 2 aliphatic rings. The van der Waals surface area contributed by atoms with Crippen molar-refractivity contribution in [2.75, 3.05) is 31.6 Å². The molecule has 2 aromatic rings. The highest BCUT2D eigenvalue weighted by molar-refractivity contribution is 7.89. The van der Waals surface area contributed by atoms with Crippen LogP contribution in [0.25, 0.3) is 0 Å². The monoisotopic (exact) mass is 435 g/mol. The van der Waals surface area contributed by atoms with Crippen molar-refractivity contribution in [3.8, 4) is 0 Å². The molecule has 1 saturated heterocycles. The van der Waals surface area contributed by atoms with Crippen molar-refractivity contribution in [3.63, 3.8) is 0 Å². The third-order valence-corrected chi connectivity index (χ3v) is 7.48. The molecule has 0 bridgehead atoms. The number of benzene rings is 1. The number of carbonyl (C=O) groups is 2. The average molecular weight is 436 g/mol. The molecule has 2 amide bonds. The molecule has 2 fully saturated rings. The van der Waals surface area contributed by atoms with Crippen LogP contribution >= 0.6 is 11.3 Å². The van der Waals surface area contributed by atoms with Gasteiger partial charge in [0.05, 0.1) is 23.7 Å². The highest BCUT2D eigenvalue weighted by Gasteiger charge is 2.28. The number of hydrogen-bond acceptors (Lipinski definition) is 6. The zero-order valence-corrected chi connectivity index (χ0v) is 17.2. The second-order valence-electron chi connectivity index (χ2n) is 6.91. The van der Waals surface area contributed by atoms with Gasteiger partial charge in [-0.15, -0.1) is 11.3 Å². The summed E-state index contributed by atoms with van der Waals surface area (Å²) < 4.78 is 32.2. The minimum Gasteiger partial charge on any atom is -0.379 e. The van der Waals surface area contributed by atoms with Crippen molar-refractivity contribution >= 4 is 38.2 Å². The minimum absolute atomic E-state index is 0.0601. The van der Waals surface area contributed by atoms with Crippen LogP contribution in [0.3, 0.4) is 0 Å². The second kappa shape index (κ2) is 8.23. The van der Waals surface area contributed by atoms with Crippen LogP contribution in [0, 0.1) is 0 Å². The van der Waals surface area contributed by atoms with Gasteiger partial charge in [-0.05, 0) is 42.5 Å². The van der Waals surface area contributed by atoms with E-state index in [1.54, 1.807) is 17.5 Å². The summed E-state index contributed by atoms with van der Waals surface area (Å²) in [6.07, 6.45) is 1.95. The lowest BCUT2D eigenvalue weighted by Crippen LogP contribution is -2.40. The topological polar surface area (TPSA) is 105 Å². The summed E-state index contributed by atoms with van der Waals surface area (Å²) in [4.78, 5) is 25.1. The predicted molar refractivity (Wildman–Crippen MR) is 109 cm³/mol. The molecule has 1 saturated carbocycles. The first-order chi connectivity index (χ1) is 13.9. The van der Waals surface area contributed by atoms with Gasteiger partial charge in [-0.25, -0.2) is 8.42 Å². The van der Waals surface area contributed by atoms with Gasteiger partial charge in [-0.3, -0.25) is 9.59 Å². The summed E-state index contributed by atoms with van der Waals surface area (Å²) in [6, 6.07) is 7.80. The molecule has 154 valence electrons. The van der Waals surface area contributed by atoms with E-state index in [9.17, 15) is 18.0 Å². The van der Waals surface area contributed by atoms with Gasteiger partial charge in [0, 0.05) is 24.7 Å². The molecule has 1 aromatic heterocycles. The van der Waals surface area contributed by atoms with Crippen LogP contribution in [0.1, 0.15) is 33.6 Å². The largest absolute Gasteiger partial charge is 0.379 e. The molecule has 0 radical (unpaired) electrons. The van der Waals surface area contributed by atoms with Gasteiger partial charge in [0.1, 0.15) is 5.00 Å². The standard InChI is InChI=1S/C19H21N3O5S2/c23-17(21-19-16(6-11-28-19)18(24)20-14-4-5-14)13-2-1-3-15(12-13)29(25,26)22-7-9-27-10-8-22/h1-3,6,11-12,14H,4-5,7-10H2,(H,20,24)(H,21,23). The number of hydrogen-bond donors (Lipinski definition) is 2. The van der Waals surface area contributed by atoms with Crippen LogP contribution in [-0.2, 0) is 14.8 Å². The van der Waals surface area contributed by atoms with Gasteiger partial charge >= 0.3 is 0 Å². The third kappa shape index (κ3) is 4.50. The first kappa shape index (κ1) is 20.0. The number of rotatable bonds is 6. The Labute approximate surface area is 172 Å². The van der Waals surface area contributed by atoms with Crippen LogP contribution in [0.5, 0.6) is 0 Å². The molecule has 0 spiro atoms. The second-order valence-corrected chi connectivity index (χ2v) is 9.76. The molecular weight excluding hydrogens is 414 g/mol. The molecule has 10 heteroatoms. The van der Waals surface area contributed by atoms with E-state index in [2.05, 4.69) is 10.6 Å². The average Bonchev–Trinajstić information content (AvgIpc) is 3.43. The Morgan fingerprint density at radius 2 is 1.86 bits per heavy atom. The zero-order chi connectivity index (χ0) is 20.4. The Balaban J connectivity index is 1.51. The van der Waals surface area contributed by atoms with E-state index < -0.39 is 15.9 Å². The number of carbonyl (C=O) groups excluding carboxylic acids is 2. The van der Waals surface area contributed by atoms with Crippen molar-refractivity contribution in [1.29, 1.82) is 0 Å². The van der Waals surface area contributed by atoms with Gasteiger partial charge in [0.15, 0.2) is 0 Å². The quantitative estimate of drug-likeness (QED) is 0.721. The van der Waals surface area contributed by atoms with E-state index in [0.29, 0.717) is 23.8 Å². The normalized spacial score (nSPS) is 17.7. The minimum atomic E-state index is -3.70.